The minimum atomic E-state index is -0.0263. The quantitative estimate of drug-likeness (QED) is 0.746. The van der Waals surface area contributed by atoms with Crippen LogP contribution >= 0.6 is 15.9 Å². The first-order valence-electron chi connectivity index (χ1n) is 6.70. The van der Waals surface area contributed by atoms with E-state index in [0.29, 0.717) is 10.3 Å². The van der Waals surface area contributed by atoms with E-state index in [0.717, 1.165) is 30.6 Å². The molecule has 102 valence electrons. The molecule has 3 nitrogen and oxygen atoms in total. The Morgan fingerprint density at radius 3 is 2.85 bits per heavy atom. The molecule has 20 heavy (non-hydrogen) atoms. The molecule has 1 aliphatic rings. The Labute approximate surface area is 126 Å². The third-order valence-corrected chi connectivity index (χ3v) is 4.04. The number of hydrogen-bond acceptors (Lipinski definition) is 2. The Hall–Kier alpha value is -1.68. The Balaban J connectivity index is 2.03. The van der Waals surface area contributed by atoms with Crippen LogP contribution in [0.5, 0.6) is 0 Å². The van der Waals surface area contributed by atoms with E-state index in [1.807, 2.05) is 17.0 Å². The van der Waals surface area contributed by atoms with Crippen molar-refractivity contribution >= 4 is 27.5 Å². The third-order valence-electron chi connectivity index (χ3n) is 3.60. The van der Waals surface area contributed by atoms with Gasteiger partial charge in [-0.2, -0.15) is 0 Å². The molecule has 0 aliphatic carbocycles. The highest BCUT2D eigenvalue weighted by Crippen LogP contribution is 2.31. The molecule has 1 aliphatic heterocycles. The second kappa shape index (κ2) is 5.37. The first kappa shape index (κ1) is 13.3. The van der Waals surface area contributed by atoms with E-state index in [9.17, 15) is 4.79 Å². The van der Waals surface area contributed by atoms with Gasteiger partial charge in [0, 0.05) is 6.54 Å². The van der Waals surface area contributed by atoms with Gasteiger partial charge in [0.05, 0.1) is 5.69 Å². The molecule has 0 fully saturated rings. The molecule has 3 rings (SSSR count). The fraction of sp³-hybridized carbons (Fsp3) is 0.250. The van der Waals surface area contributed by atoms with Crippen molar-refractivity contribution in [3.05, 3.63) is 57.8 Å². The minimum Gasteiger partial charge on any atom is -0.306 e. The van der Waals surface area contributed by atoms with Gasteiger partial charge < -0.3 is 4.90 Å². The van der Waals surface area contributed by atoms with Gasteiger partial charge in [-0.3, -0.25) is 4.79 Å². The van der Waals surface area contributed by atoms with E-state index in [1.165, 1.54) is 5.56 Å². The lowest BCUT2D eigenvalue weighted by Gasteiger charge is -2.30. The monoisotopic (exact) mass is 330 g/mol. The van der Waals surface area contributed by atoms with Gasteiger partial charge in [0.1, 0.15) is 10.3 Å². The largest absolute Gasteiger partial charge is 0.306 e. The third kappa shape index (κ3) is 2.36. The van der Waals surface area contributed by atoms with Crippen LogP contribution in [0.1, 0.15) is 28.0 Å². The van der Waals surface area contributed by atoms with Gasteiger partial charge in [0.15, 0.2) is 0 Å². The minimum absolute atomic E-state index is 0.0263. The number of hydrogen-bond donors (Lipinski definition) is 0. The van der Waals surface area contributed by atoms with Crippen molar-refractivity contribution in [2.75, 3.05) is 11.4 Å². The predicted molar refractivity (Wildman–Crippen MR) is 83.1 cm³/mol. The summed E-state index contributed by atoms with van der Waals surface area (Å²) in [4.78, 5) is 18.8. The first-order chi connectivity index (χ1) is 9.66. The molecule has 0 radical (unpaired) electrons. The smallest absolute Gasteiger partial charge is 0.276 e. The Morgan fingerprint density at radius 1 is 1.25 bits per heavy atom. The molecule has 1 aromatic carbocycles. The van der Waals surface area contributed by atoms with Crippen molar-refractivity contribution in [2.24, 2.45) is 0 Å². The van der Waals surface area contributed by atoms with Crippen molar-refractivity contribution < 1.29 is 4.79 Å². The standard InChI is InChI=1S/C16H15BrN2O/c1-11-5-2-6-12-7-4-10-19(15(11)12)16(20)13-8-3-9-14(17)18-13/h2-3,5-6,8-9H,4,7,10H2,1H3. The number of aryl methyl sites for hydroxylation is 2. The summed E-state index contributed by atoms with van der Waals surface area (Å²) in [5.74, 6) is -0.0263. The van der Waals surface area contributed by atoms with Crippen LogP contribution in [0.4, 0.5) is 5.69 Å². The summed E-state index contributed by atoms with van der Waals surface area (Å²) in [6.07, 6.45) is 2.03. The second-order valence-corrected chi connectivity index (χ2v) is 5.80. The summed E-state index contributed by atoms with van der Waals surface area (Å²) in [6.45, 7) is 2.81. The summed E-state index contributed by atoms with van der Waals surface area (Å²) >= 11 is 3.32. The number of pyridine rings is 1. The van der Waals surface area contributed by atoms with Crippen molar-refractivity contribution in [1.29, 1.82) is 0 Å². The number of carbonyl (C=O) groups is 1. The molecule has 1 aromatic heterocycles. The summed E-state index contributed by atoms with van der Waals surface area (Å²) in [7, 11) is 0. The molecule has 2 aromatic rings. The Morgan fingerprint density at radius 2 is 2.05 bits per heavy atom. The molecule has 0 N–H and O–H groups in total. The number of carbonyl (C=O) groups excluding carboxylic acids is 1. The maximum Gasteiger partial charge on any atom is 0.276 e. The van der Waals surface area contributed by atoms with Crippen LogP contribution in [-0.4, -0.2) is 17.4 Å². The molecular weight excluding hydrogens is 316 g/mol. The predicted octanol–water partition coefficient (Wildman–Crippen LogP) is 3.75. The number of aromatic nitrogens is 1. The van der Waals surface area contributed by atoms with Gasteiger partial charge in [0.25, 0.3) is 5.91 Å². The van der Waals surface area contributed by atoms with Gasteiger partial charge in [-0.05, 0) is 59.0 Å². The number of nitrogens with zero attached hydrogens (tertiary/aromatic N) is 2. The van der Waals surface area contributed by atoms with Crippen molar-refractivity contribution in [2.45, 2.75) is 19.8 Å². The summed E-state index contributed by atoms with van der Waals surface area (Å²) in [5.41, 5.74) is 3.94. The van der Waals surface area contributed by atoms with Crippen molar-refractivity contribution in [3.8, 4) is 0 Å². The number of rotatable bonds is 1. The van der Waals surface area contributed by atoms with Crippen molar-refractivity contribution in [3.63, 3.8) is 0 Å². The molecule has 2 heterocycles. The number of amides is 1. The van der Waals surface area contributed by atoms with E-state index in [-0.39, 0.29) is 5.91 Å². The second-order valence-electron chi connectivity index (χ2n) is 4.99. The molecule has 0 bridgehead atoms. The SMILES string of the molecule is Cc1cccc2c1N(C(=O)c1cccc(Br)n1)CCC2. The lowest BCUT2D eigenvalue weighted by atomic mass is 9.98. The summed E-state index contributed by atoms with van der Waals surface area (Å²) in [5, 5.41) is 0. The number of para-hydroxylation sites is 1. The van der Waals surface area contributed by atoms with E-state index in [2.05, 4.69) is 46.0 Å². The number of benzene rings is 1. The Kier molecular flexibility index (Phi) is 3.57. The Bertz CT molecular complexity index is 669. The first-order valence-corrected chi connectivity index (χ1v) is 7.49. The lowest BCUT2D eigenvalue weighted by molar-refractivity contribution is 0.0980. The van der Waals surface area contributed by atoms with Gasteiger partial charge in [-0.25, -0.2) is 4.98 Å². The van der Waals surface area contributed by atoms with Crippen LogP contribution in [0.15, 0.2) is 41.0 Å². The van der Waals surface area contributed by atoms with Gasteiger partial charge in [-0.1, -0.05) is 24.3 Å². The van der Waals surface area contributed by atoms with Crippen LogP contribution in [0, 0.1) is 6.92 Å². The van der Waals surface area contributed by atoms with Gasteiger partial charge in [-0.15, -0.1) is 0 Å². The molecule has 1 amide bonds. The van der Waals surface area contributed by atoms with Crippen molar-refractivity contribution in [1.82, 2.24) is 4.98 Å². The maximum atomic E-state index is 12.7. The zero-order valence-electron chi connectivity index (χ0n) is 11.3. The highest BCUT2D eigenvalue weighted by Gasteiger charge is 2.25. The van der Waals surface area contributed by atoms with Crippen LogP contribution < -0.4 is 4.90 Å². The fourth-order valence-corrected chi connectivity index (χ4v) is 3.06. The summed E-state index contributed by atoms with van der Waals surface area (Å²) < 4.78 is 0.686. The molecule has 0 saturated carbocycles. The lowest BCUT2D eigenvalue weighted by Crippen LogP contribution is -2.36. The number of anilines is 1. The highest BCUT2D eigenvalue weighted by molar-refractivity contribution is 9.10. The van der Waals surface area contributed by atoms with Crippen LogP contribution in [0.3, 0.4) is 0 Å². The zero-order valence-corrected chi connectivity index (χ0v) is 12.9. The van der Waals surface area contributed by atoms with Gasteiger partial charge in [0.2, 0.25) is 0 Å². The maximum absolute atomic E-state index is 12.7. The molecule has 0 saturated heterocycles. The normalized spacial score (nSPS) is 14.0. The molecular formula is C16H15BrN2O. The number of fused-ring (bicyclic) bond motifs is 1. The van der Waals surface area contributed by atoms with Crippen LogP contribution in [-0.2, 0) is 6.42 Å². The van der Waals surface area contributed by atoms with Gasteiger partial charge >= 0.3 is 0 Å². The van der Waals surface area contributed by atoms with E-state index >= 15 is 0 Å². The molecule has 4 heteroatoms. The topological polar surface area (TPSA) is 33.2 Å². The van der Waals surface area contributed by atoms with Crippen LogP contribution in [0.25, 0.3) is 0 Å². The highest BCUT2D eigenvalue weighted by atomic mass is 79.9. The van der Waals surface area contributed by atoms with E-state index in [1.54, 1.807) is 6.07 Å². The van der Waals surface area contributed by atoms with E-state index in [4.69, 9.17) is 0 Å². The fourth-order valence-electron chi connectivity index (χ4n) is 2.72. The molecule has 0 atom stereocenters. The summed E-state index contributed by atoms with van der Waals surface area (Å²) in [6, 6.07) is 11.6. The van der Waals surface area contributed by atoms with E-state index < -0.39 is 0 Å². The average Bonchev–Trinajstić information content (AvgIpc) is 2.46. The zero-order chi connectivity index (χ0) is 14.1. The molecule has 0 unspecified atom stereocenters. The van der Waals surface area contributed by atoms with Crippen LogP contribution in [0.2, 0.25) is 0 Å². The molecule has 0 spiro atoms. The average molecular weight is 331 g/mol. The number of halogens is 1.